The van der Waals surface area contributed by atoms with Crippen molar-refractivity contribution in [2.24, 2.45) is 5.92 Å². The summed E-state index contributed by atoms with van der Waals surface area (Å²) >= 11 is 12.1. The number of nitrogens with zero attached hydrogens (tertiary/aromatic N) is 3. The third kappa shape index (κ3) is 2.22. The van der Waals surface area contributed by atoms with Gasteiger partial charge in [0.15, 0.2) is 5.65 Å². The first-order valence-corrected chi connectivity index (χ1v) is 7.19. The molecule has 3 atom stereocenters. The Bertz CT molecular complexity index is 613. The van der Waals surface area contributed by atoms with E-state index in [1.54, 1.807) is 12.4 Å². The van der Waals surface area contributed by atoms with Gasteiger partial charge in [0.1, 0.15) is 16.9 Å². The van der Waals surface area contributed by atoms with Crippen molar-refractivity contribution in [3.8, 4) is 0 Å². The van der Waals surface area contributed by atoms with Crippen LogP contribution in [0.3, 0.4) is 0 Å². The van der Waals surface area contributed by atoms with Crippen LogP contribution in [-0.2, 0) is 4.74 Å². The highest BCUT2D eigenvalue weighted by molar-refractivity contribution is 6.37. The fraction of sp³-hybridized carbons (Fsp3) is 0.538. The second-order valence-electron chi connectivity index (χ2n) is 5.00. The number of ether oxygens (including phenoxy) is 1. The minimum absolute atomic E-state index is 0.0228. The molecule has 4 nitrogen and oxygen atoms in total. The number of pyridine rings is 1. The molecule has 3 heterocycles. The summed E-state index contributed by atoms with van der Waals surface area (Å²) in [7, 11) is 0. The summed E-state index contributed by atoms with van der Waals surface area (Å²) in [4.78, 5) is 8.44. The van der Waals surface area contributed by atoms with Crippen LogP contribution in [0.2, 0.25) is 10.2 Å². The van der Waals surface area contributed by atoms with Gasteiger partial charge >= 0.3 is 0 Å². The van der Waals surface area contributed by atoms with Gasteiger partial charge in [0.05, 0.1) is 17.5 Å². The van der Waals surface area contributed by atoms with Gasteiger partial charge in [-0.05, 0) is 24.8 Å². The van der Waals surface area contributed by atoms with Crippen molar-refractivity contribution in [2.45, 2.75) is 39.0 Å². The fourth-order valence-corrected chi connectivity index (χ4v) is 3.26. The highest BCUT2D eigenvalue weighted by Gasteiger charge is 2.33. The van der Waals surface area contributed by atoms with E-state index in [-0.39, 0.29) is 6.23 Å². The summed E-state index contributed by atoms with van der Waals surface area (Å²) in [5.41, 5.74) is 1.36. The van der Waals surface area contributed by atoms with Gasteiger partial charge in [-0.15, -0.1) is 0 Å². The molecule has 1 aliphatic heterocycles. The van der Waals surface area contributed by atoms with Crippen LogP contribution in [0.15, 0.2) is 12.4 Å². The molecule has 0 radical (unpaired) electrons. The molecule has 1 unspecified atom stereocenters. The Hall–Kier alpha value is -0.840. The Balaban J connectivity index is 2.03. The van der Waals surface area contributed by atoms with Crippen molar-refractivity contribution < 1.29 is 4.74 Å². The van der Waals surface area contributed by atoms with Crippen LogP contribution in [0.5, 0.6) is 0 Å². The van der Waals surface area contributed by atoms with Gasteiger partial charge in [-0.3, -0.25) is 0 Å². The van der Waals surface area contributed by atoms with Crippen molar-refractivity contribution >= 4 is 34.4 Å². The van der Waals surface area contributed by atoms with Crippen LogP contribution in [0.25, 0.3) is 11.2 Å². The maximum atomic E-state index is 6.25. The number of hydrogen-bond acceptors (Lipinski definition) is 3. The number of fused-ring (bicyclic) bond motifs is 1. The first-order chi connectivity index (χ1) is 9.10. The molecule has 6 heteroatoms. The van der Waals surface area contributed by atoms with E-state index in [4.69, 9.17) is 27.9 Å². The fourth-order valence-electron chi connectivity index (χ4n) is 2.73. The average Bonchev–Trinajstić information content (AvgIpc) is 2.92. The Morgan fingerprint density at radius 3 is 2.95 bits per heavy atom. The zero-order valence-electron chi connectivity index (χ0n) is 10.8. The zero-order chi connectivity index (χ0) is 13.6. The van der Waals surface area contributed by atoms with Gasteiger partial charge in [0.2, 0.25) is 0 Å². The summed E-state index contributed by atoms with van der Waals surface area (Å²) in [6.07, 6.45) is 3.98. The van der Waals surface area contributed by atoms with E-state index in [2.05, 4.69) is 23.8 Å². The van der Waals surface area contributed by atoms with Gasteiger partial charge < -0.3 is 9.30 Å². The minimum Gasteiger partial charge on any atom is -0.354 e. The van der Waals surface area contributed by atoms with Gasteiger partial charge in [-0.1, -0.05) is 37.0 Å². The van der Waals surface area contributed by atoms with Crippen molar-refractivity contribution in [2.75, 3.05) is 0 Å². The van der Waals surface area contributed by atoms with Crippen LogP contribution < -0.4 is 0 Å². The zero-order valence-corrected chi connectivity index (χ0v) is 12.3. The lowest BCUT2D eigenvalue weighted by molar-refractivity contribution is -0.00277. The molecule has 1 saturated heterocycles. The van der Waals surface area contributed by atoms with E-state index in [1.165, 1.54) is 0 Å². The maximum absolute atomic E-state index is 6.25. The highest BCUT2D eigenvalue weighted by Crippen LogP contribution is 2.37. The van der Waals surface area contributed by atoms with E-state index in [0.29, 0.717) is 27.8 Å². The summed E-state index contributed by atoms with van der Waals surface area (Å²) in [6, 6.07) is 1.64. The van der Waals surface area contributed by atoms with Gasteiger partial charge in [0.25, 0.3) is 0 Å². The third-order valence-electron chi connectivity index (χ3n) is 3.71. The Labute approximate surface area is 121 Å². The number of aromatic nitrogens is 3. The van der Waals surface area contributed by atoms with Crippen LogP contribution in [0.4, 0.5) is 0 Å². The molecular formula is C13H15Cl2N3O. The molecule has 0 saturated carbocycles. The summed E-state index contributed by atoms with van der Waals surface area (Å²) in [6.45, 7) is 4.36. The molecule has 0 N–H and O–H groups in total. The highest BCUT2D eigenvalue weighted by atomic mass is 35.5. The standard InChI is InChI=1S/C13H15Cl2N3O/c1-3-9-7(2)4-11(19-9)18-6-16-13-12(18)8(14)5-10(15)17-13/h5-7,9,11H,3-4H2,1-2H3/t7?,9-,11-/m1/s1. The van der Waals surface area contributed by atoms with Crippen molar-refractivity contribution in [3.05, 3.63) is 22.6 Å². The topological polar surface area (TPSA) is 39.9 Å². The lowest BCUT2D eigenvalue weighted by Crippen LogP contribution is -2.12. The smallest absolute Gasteiger partial charge is 0.180 e. The minimum atomic E-state index is -0.0228. The predicted molar refractivity (Wildman–Crippen MR) is 75.5 cm³/mol. The molecule has 2 aromatic rings. The molecule has 0 spiro atoms. The summed E-state index contributed by atoms with van der Waals surface area (Å²) < 4.78 is 8.03. The number of halogens is 2. The molecule has 102 valence electrons. The van der Waals surface area contributed by atoms with Crippen LogP contribution >= 0.6 is 23.2 Å². The van der Waals surface area contributed by atoms with Crippen LogP contribution in [0.1, 0.15) is 32.9 Å². The number of rotatable bonds is 2. The van der Waals surface area contributed by atoms with E-state index >= 15 is 0 Å². The predicted octanol–water partition coefficient (Wildman–Crippen LogP) is 4.07. The Morgan fingerprint density at radius 1 is 1.47 bits per heavy atom. The van der Waals surface area contributed by atoms with E-state index in [1.807, 2.05) is 4.57 Å². The maximum Gasteiger partial charge on any atom is 0.180 e. The molecule has 0 aromatic carbocycles. The molecule has 2 aromatic heterocycles. The first-order valence-electron chi connectivity index (χ1n) is 6.44. The third-order valence-corrected chi connectivity index (χ3v) is 4.19. The van der Waals surface area contributed by atoms with Crippen LogP contribution in [0, 0.1) is 5.92 Å². The lowest BCUT2D eigenvalue weighted by Gasteiger charge is -2.15. The normalized spacial score (nSPS) is 27.3. The molecule has 19 heavy (non-hydrogen) atoms. The molecule has 0 aliphatic carbocycles. The Morgan fingerprint density at radius 2 is 2.26 bits per heavy atom. The van der Waals surface area contributed by atoms with Crippen molar-refractivity contribution in [3.63, 3.8) is 0 Å². The molecular weight excluding hydrogens is 285 g/mol. The van der Waals surface area contributed by atoms with Gasteiger partial charge in [-0.2, -0.15) is 0 Å². The molecule has 1 fully saturated rings. The van der Waals surface area contributed by atoms with E-state index in [0.717, 1.165) is 18.4 Å². The number of hydrogen-bond donors (Lipinski definition) is 0. The SMILES string of the molecule is CC[C@H]1O[C@@H](n2cnc3nc(Cl)cc(Cl)c32)CC1C. The largest absolute Gasteiger partial charge is 0.354 e. The lowest BCUT2D eigenvalue weighted by atomic mass is 10.0. The van der Waals surface area contributed by atoms with Gasteiger partial charge in [-0.25, -0.2) is 9.97 Å². The van der Waals surface area contributed by atoms with Crippen molar-refractivity contribution in [1.82, 2.24) is 14.5 Å². The van der Waals surface area contributed by atoms with Gasteiger partial charge in [0, 0.05) is 0 Å². The molecule has 3 rings (SSSR count). The average molecular weight is 300 g/mol. The summed E-state index contributed by atoms with van der Waals surface area (Å²) in [5.74, 6) is 0.534. The number of imidazole rings is 1. The first kappa shape index (κ1) is 13.2. The quantitative estimate of drug-likeness (QED) is 0.785. The monoisotopic (exact) mass is 299 g/mol. The molecule has 0 bridgehead atoms. The molecule has 1 aliphatic rings. The molecule has 0 amide bonds. The summed E-state index contributed by atoms with van der Waals surface area (Å²) in [5, 5.41) is 0.915. The van der Waals surface area contributed by atoms with E-state index < -0.39 is 0 Å². The van der Waals surface area contributed by atoms with E-state index in [9.17, 15) is 0 Å². The second-order valence-corrected chi connectivity index (χ2v) is 5.80. The Kier molecular flexibility index (Phi) is 3.41. The van der Waals surface area contributed by atoms with Crippen molar-refractivity contribution in [1.29, 1.82) is 0 Å². The second kappa shape index (κ2) is 4.93. The van der Waals surface area contributed by atoms with Crippen LogP contribution in [-0.4, -0.2) is 20.6 Å².